The van der Waals surface area contributed by atoms with Crippen LogP contribution in [0.5, 0.6) is 0 Å². The quantitative estimate of drug-likeness (QED) is 0.149. The SMILES string of the molecule is O=C\C=C(Sc1ccccc1)/C(=C/C=C/c1ccccc1)[Se]c1ccccc1. The zero-order valence-corrected chi connectivity index (χ0v) is 17.8. The molecule has 0 aliphatic rings. The van der Waals surface area contributed by atoms with Crippen molar-refractivity contribution in [2.75, 3.05) is 0 Å². The Hall–Kier alpha value is -2.58. The van der Waals surface area contributed by atoms with Crippen LogP contribution in [0.3, 0.4) is 0 Å². The van der Waals surface area contributed by atoms with Crippen molar-refractivity contribution in [2.45, 2.75) is 4.90 Å². The number of allylic oxidation sites excluding steroid dienone is 4. The van der Waals surface area contributed by atoms with Crippen LogP contribution in [0.25, 0.3) is 6.08 Å². The molecule has 0 spiro atoms. The number of rotatable bonds is 8. The third-order valence-corrected chi connectivity index (χ3v) is 7.39. The molecule has 0 unspecified atom stereocenters. The van der Waals surface area contributed by atoms with Gasteiger partial charge in [0.25, 0.3) is 0 Å². The van der Waals surface area contributed by atoms with E-state index in [1.54, 1.807) is 17.8 Å². The summed E-state index contributed by atoms with van der Waals surface area (Å²) in [5.41, 5.74) is 1.15. The predicted octanol–water partition coefficient (Wildman–Crippen LogP) is 5.49. The van der Waals surface area contributed by atoms with E-state index in [1.807, 2.05) is 42.5 Å². The Morgan fingerprint density at radius 2 is 1.36 bits per heavy atom. The van der Waals surface area contributed by atoms with Gasteiger partial charge in [-0.25, -0.2) is 0 Å². The minimum atomic E-state index is 0.0961. The van der Waals surface area contributed by atoms with Gasteiger partial charge in [-0.3, -0.25) is 0 Å². The van der Waals surface area contributed by atoms with Gasteiger partial charge in [-0.2, -0.15) is 0 Å². The fourth-order valence-corrected chi connectivity index (χ4v) is 5.56. The standard InChI is InChI=1S/C25H20OSSe/c26-20-19-24(27-22-14-6-2-7-15-22)25(28-23-16-8-3-9-17-23)18-10-13-21-11-4-1-5-12-21/h1-20H/b13-10+,24-19+,25-18-. The second-order valence-corrected chi connectivity index (χ2v) is 9.25. The van der Waals surface area contributed by atoms with Gasteiger partial charge in [0.05, 0.1) is 0 Å². The molecule has 0 saturated heterocycles. The van der Waals surface area contributed by atoms with Gasteiger partial charge in [0, 0.05) is 0 Å². The number of thioether (sulfide) groups is 1. The summed E-state index contributed by atoms with van der Waals surface area (Å²) in [6.07, 6.45) is 8.84. The van der Waals surface area contributed by atoms with E-state index in [4.69, 9.17) is 0 Å². The topological polar surface area (TPSA) is 17.1 Å². The Morgan fingerprint density at radius 3 is 2.00 bits per heavy atom. The van der Waals surface area contributed by atoms with E-state index in [9.17, 15) is 4.79 Å². The molecule has 138 valence electrons. The average Bonchev–Trinajstić information content (AvgIpc) is 2.75. The molecule has 0 atom stereocenters. The summed E-state index contributed by atoms with van der Waals surface area (Å²) in [7, 11) is 0. The molecule has 3 heteroatoms. The summed E-state index contributed by atoms with van der Waals surface area (Å²) in [6, 6.07) is 30.8. The van der Waals surface area contributed by atoms with Crippen molar-refractivity contribution in [1.29, 1.82) is 0 Å². The molecule has 0 radical (unpaired) electrons. The van der Waals surface area contributed by atoms with Gasteiger partial charge in [-0.1, -0.05) is 0 Å². The Morgan fingerprint density at radius 1 is 0.750 bits per heavy atom. The summed E-state index contributed by atoms with van der Waals surface area (Å²) in [5, 5.41) is 0. The molecular formula is C25H20OSSe. The van der Waals surface area contributed by atoms with Crippen molar-refractivity contribution in [3.05, 3.63) is 124 Å². The van der Waals surface area contributed by atoms with Gasteiger partial charge in [-0.15, -0.1) is 0 Å². The number of benzene rings is 3. The molecule has 3 rings (SSSR count). The van der Waals surface area contributed by atoms with Crippen molar-refractivity contribution in [3.63, 3.8) is 0 Å². The zero-order chi connectivity index (χ0) is 19.4. The van der Waals surface area contributed by atoms with Gasteiger partial charge in [-0.05, 0) is 0 Å². The summed E-state index contributed by atoms with van der Waals surface area (Å²) < 4.78 is 2.45. The molecule has 0 N–H and O–H groups in total. The molecule has 0 heterocycles. The zero-order valence-electron chi connectivity index (χ0n) is 15.3. The van der Waals surface area contributed by atoms with Crippen LogP contribution in [0, 0.1) is 0 Å². The minimum absolute atomic E-state index is 0.0961. The van der Waals surface area contributed by atoms with Crippen LogP contribution in [0.15, 0.2) is 123 Å². The number of carbonyl (C=O) groups excluding carboxylic acids is 1. The van der Waals surface area contributed by atoms with E-state index in [0.29, 0.717) is 0 Å². The third-order valence-electron chi connectivity index (χ3n) is 3.74. The van der Waals surface area contributed by atoms with Gasteiger partial charge < -0.3 is 0 Å². The number of carbonyl (C=O) groups is 1. The van der Waals surface area contributed by atoms with Crippen LogP contribution in [0.2, 0.25) is 0 Å². The van der Waals surface area contributed by atoms with E-state index in [2.05, 4.69) is 66.8 Å². The summed E-state index contributed by atoms with van der Waals surface area (Å²) in [6.45, 7) is 0. The average molecular weight is 447 g/mol. The summed E-state index contributed by atoms with van der Waals surface area (Å²) in [5.74, 6) is 0. The molecule has 3 aromatic carbocycles. The fourth-order valence-electron chi connectivity index (χ4n) is 2.44. The molecule has 0 bridgehead atoms. The third kappa shape index (κ3) is 6.54. The molecule has 0 fully saturated rings. The first-order chi connectivity index (χ1) is 13.8. The Balaban J connectivity index is 1.90. The van der Waals surface area contributed by atoms with Gasteiger partial charge in [0.2, 0.25) is 0 Å². The van der Waals surface area contributed by atoms with Crippen molar-refractivity contribution >= 4 is 43.5 Å². The van der Waals surface area contributed by atoms with Crippen LogP contribution < -0.4 is 4.46 Å². The van der Waals surface area contributed by atoms with Gasteiger partial charge in [0.15, 0.2) is 0 Å². The van der Waals surface area contributed by atoms with E-state index in [-0.39, 0.29) is 15.0 Å². The normalized spacial score (nSPS) is 12.3. The maximum atomic E-state index is 11.3. The van der Waals surface area contributed by atoms with Crippen molar-refractivity contribution in [3.8, 4) is 0 Å². The molecule has 0 aliphatic heterocycles. The van der Waals surface area contributed by atoms with Crippen LogP contribution in [0.1, 0.15) is 5.56 Å². The first-order valence-electron chi connectivity index (χ1n) is 8.90. The Bertz CT molecular complexity index is 961. The molecule has 0 aliphatic carbocycles. The molecule has 0 aromatic heterocycles. The summed E-state index contributed by atoms with van der Waals surface area (Å²) in [4.78, 5) is 13.4. The van der Waals surface area contributed by atoms with Crippen molar-refractivity contribution in [1.82, 2.24) is 0 Å². The second kappa shape index (κ2) is 11.3. The van der Waals surface area contributed by atoms with Crippen LogP contribution >= 0.6 is 11.8 Å². The van der Waals surface area contributed by atoms with Crippen molar-refractivity contribution < 1.29 is 4.79 Å². The monoisotopic (exact) mass is 448 g/mol. The van der Waals surface area contributed by atoms with E-state index in [1.165, 1.54) is 8.93 Å². The molecule has 0 amide bonds. The molecule has 28 heavy (non-hydrogen) atoms. The molecule has 0 saturated carbocycles. The van der Waals surface area contributed by atoms with E-state index < -0.39 is 0 Å². The first kappa shape index (κ1) is 20.2. The fraction of sp³-hybridized carbons (Fsp3) is 0. The van der Waals surface area contributed by atoms with Crippen LogP contribution in [0.4, 0.5) is 0 Å². The molecular weight excluding hydrogens is 427 g/mol. The second-order valence-electron chi connectivity index (χ2n) is 5.80. The van der Waals surface area contributed by atoms with Gasteiger partial charge >= 0.3 is 177 Å². The van der Waals surface area contributed by atoms with Crippen LogP contribution in [-0.2, 0) is 4.79 Å². The Kier molecular flexibility index (Phi) is 8.14. The van der Waals surface area contributed by atoms with E-state index in [0.717, 1.165) is 21.7 Å². The van der Waals surface area contributed by atoms with Crippen molar-refractivity contribution in [2.24, 2.45) is 0 Å². The molecule has 1 nitrogen and oxygen atoms in total. The molecule has 3 aromatic rings. The van der Waals surface area contributed by atoms with E-state index >= 15 is 0 Å². The number of hydrogen-bond acceptors (Lipinski definition) is 2. The number of hydrogen-bond donors (Lipinski definition) is 0. The summed E-state index contributed by atoms with van der Waals surface area (Å²) >= 11 is 1.73. The first-order valence-corrected chi connectivity index (χ1v) is 11.4. The van der Waals surface area contributed by atoms with Gasteiger partial charge in [0.1, 0.15) is 0 Å². The van der Waals surface area contributed by atoms with Crippen LogP contribution in [-0.4, -0.2) is 21.2 Å². The maximum absolute atomic E-state index is 11.3. The number of aldehydes is 1. The predicted molar refractivity (Wildman–Crippen MR) is 122 cm³/mol. The Labute approximate surface area is 177 Å².